The Morgan fingerprint density at radius 1 is 1.50 bits per heavy atom. The Morgan fingerprint density at radius 3 is 3.00 bits per heavy atom. The van der Waals surface area contributed by atoms with Gasteiger partial charge in [-0.2, -0.15) is 0 Å². The van der Waals surface area contributed by atoms with Crippen LogP contribution in [0.5, 0.6) is 5.75 Å². The molecule has 0 spiro atoms. The molecule has 1 aromatic rings. The molecule has 98 valence electrons. The third kappa shape index (κ3) is 2.63. The van der Waals surface area contributed by atoms with Crippen LogP contribution >= 0.6 is 0 Å². The number of nitrogens with two attached hydrogens (primary N) is 1. The van der Waals surface area contributed by atoms with Gasteiger partial charge in [0.1, 0.15) is 12.4 Å². The SMILES string of the molecule is COc1ccccc1CN1C(=O)COCC1CN. The van der Waals surface area contributed by atoms with E-state index in [9.17, 15) is 4.79 Å². The molecule has 5 heteroatoms. The molecular formula is C13H18N2O3. The lowest BCUT2D eigenvalue weighted by molar-refractivity contribution is -0.148. The van der Waals surface area contributed by atoms with E-state index >= 15 is 0 Å². The van der Waals surface area contributed by atoms with Crippen LogP contribution in [0.3, 0.4) is 0 Å². The highest BCUT2D eigenvalue weighted by molar-refractivity contribution is 5.78. The highest BCUT2D eigenvalue weighted by Gasteiger charge is 2.28. The quantitative estimate of drug-likeness (QED) is 0.839. The molecule has 1 atom stereocenters. The molecule has 0 radical (unpaired) electrons. The third-order valence-electron chi connectivity index (χ3n) is 3.10. The first-order valence-electron chi connectivity index (χ1n) is 5.95. The van der Waals surface area contributed by atoms with Gasteiger partial charge in [-0.1, -0.05) is 18.2 Å². The van der Waals surface area contributed by atoms with Gasteiger partial charge in [0.25, 0.3) is 0 Å². The Morgan fingerprint density at radius 2 is 2.28 bits per heavy atom. The highest BCUT2D eigenvalue weighted by Crippen LogP contribution is 2.21. The smallest absolute Gasteiger partial charge is 0.249 e. The van der Waals surface area contributed by atoms with Gasteiger partial charge in [0, 0.05) is 18.7 Å². The maximum Gasteiger partial charge on any atom is 0.249 e. The van der Waals surface area contributed by atoms with E-state index in [1.54, 1.807) is 12.0 Å². The van der Waals surface area contributed by atoms with Crippen LogP contribution in [-0.2, 0) is 16.1 Å². The van der Waals surface area contributed by atoms with Crippen LogP contribution in [0.15, 0.2) is 24.3 Å². The lowest BCUT2D eigenvalue weighted by Crippen LogP contribution is -2.52. The Bertz CT molecular complexity index is 422. The van der Waals surface area contributed by atoms with Crippen molar-refractivity contribution in [2.45, 2.75) is 12.6 Å². The molecular weight excluding hydrogens is 232 g/mol. The molecule has 1 aromatic carbocycles. The summed E-state index contributed by atoms with van der Waals surface area (Å²) < 4.78 is 10.5. The molecule has 0 saturated carbocycles. The molecule has 1 aliphatic rings. The maximum absolute atomic E-state index is 11.9. The molecule has 1 amide bonds. The van der Waals surface area contributed by atoms with Crippen molar-refractivity contribution < 1.29 is 14.3 Å². The summed E-state index contributed by atoms with van der Waals surface area (Å²) in [4.78, 5) is 13.6. The topological polar surface area (TPSA) is 64.8 Å². The molecule has 1 saturated heterocycles. The zero-order valence-corrected chi connectivity index (χ0v) is 10.5. The molecule has 2 N–H and O–H groups in total. The van der Waals surface area contributed by atoms with E-state index in [-0.39, 0.29) is 18.6 Å². The van der Waals surface area contributed by atoms with Gasteiger partial charge in [0.2, 0.25) is 5.91 Å². The van der Waals surface area contributed by atoms with Crippen LogP contribution in [0.1, 0.15) is 5.56 Å². The summed E-state index contributed by atoms with van der Waals surface area (Å²) in [6.45, 7) is 1.54. The number of nitrogens with zero attached hydrogens (tertiary/aromatic N) is 1. The summed E-state index contributed by atoms with van der Waals surface area (Å²) in [6, 6.07) is 7.62. The monoisotopic (exact) mass is 250 g/mol. The zero-order chi connectivity index (χ0) is 13.0. The van der Waals surface area contributed by atoms with Crippen molar-refractivity contribution in [1.82, 2.24) is 4.90 Å². The number of rotatable bonds is 4. The fraction of sp³-hybridized carbons (Fsp3) is 0.462. The largest absolute Gasteiger partial charge is 0.496 e. The number of benzene rings is 1. The lowest BCUT2D eigenvalue weighted by atomic mass is 10.1. The predicted molar refractivity (Wildman–Crippen MR) is 67.2 cm³/mol. The average molecular weight is 250 g/mol. The first-order valence-corrected chi connectivity index (χ1v) is 5.95. The van der Waals surface area contributed by atoms with Gasteiger partial charge in [-0.25, -0.2) is 0 Å². The van der Waals surface area contributed by atoms with Crippen molar-refractivity contribution in [2.75, 3.05) is 26.9 Å². The predicted octanol–water partition coefficient (Wildman–Crippen LogP) is 0.381. The number of carbonyl (C=O) groups is 1. The molecule has 0 aromatic heterocycles. The molecule has 1 aliphatic heterocycles. The van der Waals surface area contributed by atoms with Crippen LogP contribution in [-0.4, -0.2) is 43.7 Å². The molecule has 0 bridgehead atoms. The minimum Gasteiger partial charge on any atom is -0.496 e. The number of methoxy groups -OCH3 is 1. The second kappa shape index (κ2) is 5.84. The van der Waals surface area contributed by atoms with Crippen LogP contribution in [0.2, 0.25) is 0 Å². The van der Waals surface area contributed by atoms with Gasteiger partial charge in [-0.3, -0.25) is 4.79 Å². The molecule has 2 rings (SSSR count). The van der Waals surface area contributed by atoms with Gasteiger partial charge in [0.15, 0.2) is 0 Å². The van der Waals surface area contributed by atoms with Gasteiger partial charge in [0.05, 0.1) is 19.8 Å². The Hall–Kier alpha value is -1.59. The van der Waals surface area contributed by atoms with Gasteiger partial charge in [-0.15, -0.1) is 0 Å². The summed E-state index contributed by atoms with van der Waals surface area (Å²) in [5.74, 6) is 0.759. The third-order valence-corrected chi connectivity index (χ3v) is 3.10. The van der Waals surface area contributed by atoms with E-state index in [1.807, 2.05) is 24.3 Å². The van der Waals surface area contributed by atoms with Crippen molar-refractivity contribution in [3.63, 3.8) is 0 Å². The molecule has 1 heterocycles. The number of ether oxygens (including phenoxy) is 2. The highest BCUT2D eigenvalue weighted by atomic mass is 16.5. The van der Waals surface area contributed by atoms with Gasteiger partial charge in [-0.05, 0) is 6.07 Å². The summed E-state index contributed by atoms with van der Waals surface area (Å²) in [5, 5.41) is 0. The second-order valence-corrected chi connectivity index (χ2v) is 4.24. The van der Waals surface area contributed by atoms with Crippen LogP contribution in [0.25, 0.3) is 0 Å². The summed E-state index contributed by atoms with van der Waals surface area (Å²) >= 11 is 0. The average Bonchev–Trinajstić information content (AvgIpc) is 2.41. The van der Waals surface area contributed by atoms with E-state index in [0.717, 1.165) is 11.3 Å². The van der Waals surface area contributed by atoms with Crippen molar-refractivity contribution >= 4 is 5.91 Å². The maximum atomic E-state index is 11.9. The Labute approximate surface area is 106 Å². The number of carbonyl (C=O) groups excluding carboxylic acids is 1. The minimum absolute atomic E-state index is 0.0254. The summed E-state index contributed by atoms with van der Waals surface area (Å²) in [7, 11) is 1.63. The minimum atomic E-state index is -0.0591. The number of hydrogen-bond donors (Lipinski definition) is 1. The number of hydrogen-bond acceptors (Lipinski definition) is 4. The van der Waals surface area contributed by atoms with Crippen molar-refractivity contribution in [3.05, 3.63) is 29.8 Å². The van der Waals surface area contributed by atoms with E-state index in [2.05, 4.69) is 0 Å². The van der Waals surface area contributed by atoms with Crippen LogP contribution in [0.4, 0.5) is 0 Å². The molecule has 5 nitrogen and oxygen atoms in total. The first-order chi connectivity index (χ1) is 8.76. The van der Waals surface area contributed by atoms with Crippen molar-refractivity contribution in [1.29, 1.82) is 0 Å². The second-order valence-electron chi connectivity index (χ2n) is 4.24. The van der Waals surface area contributed by atoms with Gasteiger partial charge < -0.3 is 20.1 Å². The summed E-state index contributed by atoms with van der Waals surface area (Å²) in [5.41, 5.74) is 6.66. The van der Waals surface area contributed by atoms with Crippen LogP contribution < -0.4 is 10.5 Å². The Kier molecular flexibility index (Phi) is 4.17. The Balaban J connectivity index is 2.17. The van der Waals surface area contributed by atoms with E-state index < -0.39 is 0 Å². The normalized spacial score (nSPS) is 20.0. The molecule has 18 heavy (non-hydrogen) atoms. The van der Waals surface area contributed by atoms with E-state index in [4.69, 9.17) is 15.2 Å². The van der Waals surface area contributed by atoms with Crippen LogP contribution in [0, 0.1) is 0 Å². The van der Waals surface area contributed by atoms with E-state index in [1.165, 1.54) is 0 Å². The van der Waals surface area contributed by atoms with Crippen molar-refractivity contribution in [2.24, 2.45) is 5.73 Å². The molecule has 1 fully saturated rings. The van der Waals surface area contributed by atoms with Crippen molar-refractivity contribution in [3.8, 4) is 5.75 Å². The first kappa shape index (κ1) is 12.9. The van der Waals surface area contributed by atoms with Gasteiger partial charge >= 0.3 is 0 Å². The fourth-order valence-corrected chi connectivity index (χ4v) is 2.09. The molecule has 1 unspecified atom stereocenters. The standard InChI is InChI=1S/C13H18N2O3/c1-17-12-5-3-2-4-10(12)7-15-11(6-14)8-18-9-13(15)16/h2-5,11H,6-9,14H2,1H3. The number of para-hydroxylation sites is 1. The number of morpholine rings is 1. The summed E-state index contributed by atoms with van der Waals surface area (Å²) in [6.07, 6.45) is 0. The van der Waals surface area contributed by atoms with E-state index in [0.29, 0.717) is 19.7 Å². The fourth-order valence-electron chi connectivity index (χ4n) is 2.09. The lowest BCUT2D eigenvalue weighted by Gasteiger charge is -2.35. The molecule has 0 aliphatic carbocycles. The zero-order valence-electron chi connectivity index (χ0n) is 10.5. The number of amides is 1.